The normalized spacial score (nSPS) is 18.8. The Balaban J connectivity index is -0.0000000800. The van der Waals surface area contributed by atoms with E-state index in [1.54, 1.807) is 0 Å². The third kappa shape index (κ3) is 7.53. The zero-order valence-electron chi connectivity index (χ0n) is 6.13. The summed E-state index contributed by atoms with van der Waals surface area (Å²) in [6.07, 6.45) is 1.04. The van der Waals surface area contributed by atoms with Crippen LogP contribution in [0.15, 0.2) is 0 Å². The first-order valence-corrected chi connectivity index (χ1v) is 2.65. The Kier molecular flexibility index (Phi) is 22.8. The van der Waals surface area contributed by atoms with E-state index in [0.717, 1.165) is 6.42 Å². The van der Waals surface area contributed by atoms with Gasteiger partial charge in [0, 0.05) is 25.2 Å². The second-order valence-electron chi connectivity index (χ2n) is 1.84. The summed E-state index contributed by atoms with van der Waals surface area (Å²) < 4.78 is 4.81. The monoisotopic (exact) mass is 275 g/mol. The fourth-order valence-corrected chi connectivity index (χ4v) is 0.772. The number of rotatable bonds is 1. The van der Waals surface area contributed by atoms with Crippen molar-refractivity contribution in [2.75, 3.05) is 6.61 Å². The number of hydrogen-bond acceptors (Lipinski definition) is 2. The maximum Gasteiger partial charge on any atom is 0.332 e. The van der Waals surface area contributed by atoms with Crippen LogP contribution in [-0.2, 0) is 28.1 Å². The van der Waals surface area contributed by atoms with Crippen LogP contribution in [0.1, 0.15) is 12.8 Å². The predicted octanol–water partition coefficient (Wildman–Crippen LogP) is 1.51. The number of carboxylic acids is 1. The topological polar surface area (TPSA) is 46.5 Å². The maximum atomic E-state index is 10.1. The Morgan fingerprint density at radius 2 is 1.83 bits per heavy atom. The summed E-state index contributed by atoms with van der Waals surface area (Å²) in [6.45, 7) is 0.608. The standard InChI is InChI=1S/C5H8O3.3ClH.V/c6-5(7)4-2-1-3-8-4;;;;/h4H,1-3H2,(H,6,7);3*1H;. The van der Waals surface area contributed by atoms with E-state index in [1.165, 1.54) is 0 Å². The van der Waals surface area contributed by atoms with Gasteiger partial charge in [0.05, 0.1) is 0 Å². The number of hydrogen-bond donors (Lipinski definition) is 1. The average molecular weight is 276 g/mol. The summed E-state index contributed by atoms with van der Waals surface area (Å²) >= 11 is 0. The van der Waals surface area contributed by atoms with Gasteiger partial charge in [-0.2, -0.15) is 0 Å². The summed E-state index contributed by atoms with van der Waals surface area (Å²) in [5.41, 5.74) is 0. The van der Waals surface area contributed by atoms with Crippen molar-refractivity contribution >= 4 is 43.2 Å². The van der Waals surface area contributed by atoms with E-state index >= 15 is 0 Å². The van der Waals surface area contributed by atoms with Gasteiger partial charge in [0.1, 0.15) is 0 Å². The molecule has 0 spiro atoms. The second kappa shape index (κ2) is 11.9. The van der Waals surface area contributed by atoms with Crippen molar-refractivity contribution < 1.29 is 33.2 Å². The molecule has 1 aliphatic heterocycles. The van der Waals surface area contributed by atoms with Crippen LogP contribution in [0.5, 0.6) is 0 Å². The number of aliphatic carboxylic acids is 1. The second-order valence-corrected chi connectivity index (χ2v) is 1.84. The van der Waals surface area contributed by atoms with Gasteiger partial charge in [-0.25, -0.2) is 4.79 Å². The molecule has 0 saturated carbocycles. The minimum Gasteiger partial charge on any atom is -0.479 e. The molecule has 3 nitrogen and oxygen atoms in total. The van der Waals surface area contributed by atoms with E-state index in [9.17, 15) is 4.79 Å². The SMILES string of the molecule is Cl.Cl.Cl.O=C(O)C1CCCO1.[V]. The van der Waals surface area contributed by atoms with Crippen LogP contribution >= 0.6 is 37.2 Å². The van der Waals surface area contributed by atoms with E-state index in [0.29, 0.717) is 13.0 Å². The Bertz CT molecular complexity index is 108. The van der Waals surface area contributed by atoms with Gasteiger partial charge in [0.25, 0.3) is 0 Å². The first kappa shape index (κ1) is 23.1. The van der Waals surface area contributed by atoms with Gasteiger partial charge in [-0.05, 0) is 12.8 Å². The predicted molar refractivity (Wildman–Crippen MR) is 48.4 cm³/mol. The largest absolute Gasteiger partial charge is 0.479 e. The third-order valence-electron chi connectivity index (χ3n) is 1.21. The van der Waals surface area contributed by atoms with Gasteiger partial charge in [-0.15, -0.1) is 37.2 Å². The van der Waals surface area contributed by atoms with Crippen LogP contribution in [0.25, 0.3) is 0 Å². The number of ether oxygens (including phenoxy) is 1. The van der Waals surface area contributed by atoms with Crippen molar-refractivity contribution in [3.05, 3.63) is 0 Å². The summed E-state index contributed by atoms with van der Waals surface area (Å²) in [6, 6.07) is 0. The van der Waals surface area contributed by atoms with E-state index in [-0.39, 0.29) is 55.8 Å². The van der Waals surface area contributed by atoms with E-state index in [1.807, 2.05) is 0 Å². The molecule has 1 unspecified atom stereocenters. The van der Waals surface area contributed by atoms with Crippen molar-refractivity contribution in [2.45, 2.75) is 18.9 Å². The first-order valence-electron chi connectivity index (χ1n) is 2.65. The fourth-order valence-electron chi connectivity index (χ4n) is 0.772. The molecule has 0 aliphatic carbocycles. The molecule has 1 fully saturated rings. The molecule has 12 heavy (non-hydrogen) atoms. The van der Waals surface area contributed by atoms with E-state index < -0.39 is 12.1 Å². The fraction of sp³-hybridized carbons (Fsp3) is 0.800. The molecule has 0 aromatic heterocycles. The Morgan fingerprint density at radius 1 is 1.33 bits per heavy atom. The molecule has 1 radical (unpaired) electrons. The van der Waals surface area contributed by atoms with Crippen molar-refractivity contribution in [3.8, 4) is 0 Å². The summed E-state index contributed by atoms with van der Waals surface area (Å²) in [5, 5.41) is 8.29. The van der Waals surface area contributed by atoms with E-state index in [2.05, 4.69) is 0 Å². The van der Waals surface area contributed by atoms with Crippen molar-refractivity contribution in [1.82, 2.24) is 0 Å². The smallest absolute Gasteiger partial charge is 0.332 e. The van der Waals surface area contributed by atoms with Crippen molar-refractivity contribution in [1.29, 1.82) is 0 Å². The molecule has 1 rings (SSSR count). The molecular formula is C5H11Cl3O3V. The van der Waals surface area contributed by atoms with Gasteiger partial charge in [-0.3, -0.25) is 0 Å². The molecule has 1 saturated heterocycles. The van der Waals surface area contributed by atoms with Gasteiger partial charge in [-0.1, -0.05) is 0 Å². The molecule has 0 bridgehead atoms. The molecule has 1 N–H and O–H groups in total. The van der Waals surface area contributed by atoms with Crippen LogP contribution < -0.4 is 0 Å². The molecule has 0 amide bonds. The molecular weight excluding hydrogens is 265 g/mol. The van der Waals surface area contributed by atoms with E-state index in [4.69, 9.17) is 9.84 Å². The number of carbonyl (C=O) groups is 1. The maximum absolute atomic E-state index is 10.1. The van der Waals surface area contributed by atoms with Gasteiger partial charge in [0.2, 0.25) is 0 Å². The molecule has 1 atom stereocenters. The van der Waals surface area contributed by atoms with Crippen LogP contribution in [0.3, 0.4) is 0 Å². The zero-order valence-corrected chi connectivity index (χ0v) is 9.98. The molecule has 0 aromatic rings. The number of halogens is 3. The number of carboxylic acid groups (broad SMARTS) is 1. The Labute approximate surface area is 102 Å². The van der Waals surface area contributed by atoms with Crippen molar-refractivity contribution in [3.63, 3.8) is 0 Å². The van der Waals surface area contributed by atoms with Crippen LogP contribution in [0.4, 0.5) is 0 Å². The van der Waals surface area contributed by atoms with Crippen LogP contribution in [-0.4, -0.2) is 23.8 Å². The third-order valence-corrected chi connectivity index (χ3v) is 1.21. The Morgan fingerprint density at radius 3 is 2.00 bits per heavy atom. The quantitative estimate of drug-likeness (QED) is 0.790. The summed E-state index contributed by atoms with van der Waals surface area (Å²) in [4.78, 5) is 10.1. The van der Waals surface area contributed by atoms with Crippen LogP contribution in [0.2, 0.25) is 0 Å². The molecule has 0 aromatic carbocycles. The molecule has 1 heterocycles. The summed E-state index contributed by atoms with van der Waals surface area (Å²) in [5.74, 6) is -0.831. The van der Waals surface area contributed by atoms with Crippen LogP contribution in [0, 0.1) is 0 Å². The average Bonchev–Trinajstić information content (AvgIpc) is 2.12. The zero-order chi connectivity index (χ0) is 5.98. The summed E-state index contributed by atoms with van der Waals surface area (Å²) in [7, 11) is 0. The van der Waals surface area contributed by atoms with Gasteiger partial charge < -0.3 is 9.84 Å². The van der Waals surface area contributed by atoms with Gasteiger partial charge >= 0.3 is 5.97 Å². The molecule has 1 aliphatic rings. The molecule has 75 valence electrons. The van der Waals surface area contributed by atoms with Gasteiger partial charge in [0.15, 0.2) is 6.10 Å². The molecule has 7 heteroatoms. The minimum absolute atomic E-state index is 0. The minimum atomic E-state index is -0.831. The van der Waals surface area contributed by atoms with Crippen molar-refractivity contribution in [2.24, 2.45) is 0 Å². The Hall–Kier alpha value is 0.884. The first-order chi connectivity index (χ1) is 3.80.